The molecule has 1 aromatic carbocycles. The maximum atomic E-state index is 15.4. The molecule has 0 spiro atoms. The molecule has 0 aromatic heterocycles. The monoisotopic (exact) mass is 499 g/mol. The highest BCUT2D eigenvalue weighted by molar-refractivity contribution is 7.91. The van der Waals surface area contributed by atoms with Crippen LogP contribution in [0.3, 0.4) is 0 Å². The van der Waals surface area contributed by atoms with Gasteiger partial charge in [0.1, 0.15) is 11.2 Å². The van der Waals surface area contributed by atoms with Crippen molar-refractivity contribution >= 4 is 31.9 Å². The highest BCUT2D eigenvalue weighted by atomic mass is 32.2. The summed E-state index contributed by atoms with van der Waals surface area (Å²) in [6.45, 7) is -0.916. The normalized spacial score (nSPS) is 16.7. The minimum absolute atomic E-state index is 0.474. The van der Waals surface area contributed by atoms with Gasteiger partial charge in [-0.15, -0.1) is 4.40 Å². The topological polar surface area (TPSA) is 116 Å². The summed E-state index contributed by atoms with van der Waals surface area (Å²) in [6, 6.07) is -0.474. The van der Waals surface area contributed by atoms with E-state index >= 15 is 4.39 Å². The van der Waals surface area contributed by atoms with Crippen LogP contribution in [0.25, 0.3) is 0 Å². The first kappa shape index (κ1) is 26.4. The molecule has 0 bridgehead atoms. The van der Waals surface area contributed by atoms with Crippen LogP contribution in [-0.4, -0.2) is 65.7 Å². The summed E-state index contributed by atoms with van der Waals surface area (Å²) in [5.74, 6) is -6.98. The summed E-state index contributed by atoms with van der Waals surface area (Å²) in [6.07, 6.45) is 6.14. The van der Waals surface area contributed by atoms with Gasteiger partial charge >= 0.3 is 0 Å². The number of aliphatic hydroxyl groups excluding tert-OH is 1. The van der Waals surface area contributed by atoms with E-state index in [2.05, 4.69) is 9.71 Å². The third kappa shape index (κ3) is 6.13. The van der Waals surface area contributed by atoms with Crippen molar-refractivity contribution < 1.29 is 35.1 Å². The molecule has 182 valence electrons. The molecule has 1 fully saturated rings. The Balaban J connectivity index is 2.75. The van der Waals surface area contributed by atoms with Crippen molar-refractivity contribution in [2.45, 2.75) is 60.8 Å². The van der Waals surface area contributed by atoms with Gasteiger partial charge in [-0.3, -0.25) is 0 Å². The minimum atomic E-state index is -5.04. The van der Waals surface area contributed by atoms with Gasteiger partial charge in [-0.25, -0.2) is 21.6 Å². The molecule has 1 saturated carbocycles. The fourth-order valence-electron chi connectivity index (χ4n) is 3.50. The Morgan fingerprint density at radius 1 is 0.969 bits per heavy atom. The maximum Gasteiger partial charge on any atom is 0.289 e. The highest BCUT2D eigenvalue weighted by Gasteiger charge is 2.37. The van der Waals surface area contributed by atoms with Crippen molar-refractivity contribution in [3.05, 3.63) is 17.5 Å². The molecule has 2 N–H and O–H groups in total. The van der Waals surface area contributed by atoms with Crippen LogP contribution >= 0.6 is 0 Å². The van der Waals surface area contributed by atoms with Crippen molar-refractivity contribution in [2.75, 3.05) is 31.8 Å². The third-order valence-electron chi connectivity index (χ3n) is 5.04. The first-order valence-corrected chi connectivity index (χ1v) is 13.3. The number of nitrogens with one attached hydrogen (secondary N) is 1. The fraction of sp³-hybridized carbons (Fsp3) is 0.632. The van der Waals surface area contributed by atoms with E-state index < -0.39 is 71.2 Å². The molecule has 32 heavy (non-hydrogen) atoms. The second-order valence-electron chi connectivity index (χ2n) is 7.86. The van der Waals surface area contributed by atoms with E-state index in [4.69, 9.17) is 5.11 Å². The molecule has 0 radical (unpaired) electrons. The largest absolute Gasteiger partial charge is 0.395 e. The third-order valence-corrected chi connectivity index (χ3v) is 8.01. The predicted octanol–water partition coefficient (Wildman–Crippen LogP) is 2.67. The van der Waals surface area contributed by atoms with Gasteiger partial charge in [0, 0.05) is 20.1 Å². The predicted molar refractivity (Wildman–Crippen MR) is 115 cm³/mol. The first-order valence-electron chi connectivity index (χ1n) is 10.2. The Labute approximate surface area is 186 Å². The summed E-state index contributed by atoms with van der Waals surface area (Å²) in [4.78, 5) is -1.82. The van der Waals surface area contributed by atoms with E-state index in [1.54, 1.807) is 0 Å². The van der Waals surface area contributed by atoms with Gasteiger partial charge in [0.05, 0.1) is 18.0 Å². The molecular formula is C19H28F3N3O5S2. The summed E-state index contributed by atoms with van der Waals surface area (Å²) < 4.78 is 98.4. The molecule has 1 aliphatic rings. The second-order valence-corrected chi connectivity index (χ2v) is 11.5. The molecule has 0 atom stereocenters. The van der Waals surface area contributed by atoms with Crippen molar-refractivity contribution in [1.29, 1.82) is 0 Å². The van der Waals surface area contributed by atoms with E-state index in [1.807, 2.05) is 0 Å². The first-order chi connectivity index (χ1) is 14.9. The van der Waals surface area contributed by atoms with Gasteiger partial charge in [-0.1, -0.05) is 32.1 Å². The van der Waals surface area contributed by atoms with E-state index in [0.717, 1.165) is 38.4 Å². The van der Waals surface area contributed by atoms with Gasteiger partial charge in [-0.05, 0) is 12.8 Å². The fourth-order valence-corrected chi connectivity index (χ4v) is 5.83. The molecule has 0 unspecified atom stereocenters. The Kier molecular flexibility index (Phi) is 8.94. The van der Waals surface area contributed by atoms with Crippen molar-refractivity contribution in [3.8, 4) is 0 Å². The lowest BCUT2D eigenvalue weighted by molar-refractivity contribution is 0.319. The van der Waals surface area contributed by atoms with Crippen LogP contribution in [-0.2, 0) is 19.9 Å². The molecular weight excluding hydrogens is 471 g/mol. The van der Waals surface area contributed by atoms with Gasteiger partial charge in [0.25, 0.3) is 10.0 Å². The minimum Gasteiger partial charge on any atom is -0.395 e. The van der Waals surface area contributed by atoms with E-state index in [-0.39, 0.29) is 0 Å². The standard InChI is InChI=1S/C19H28F3N3O5S2/c1-25(2)12-23-32(29,30)18-14(20)15(21)19(31(27,28)11-10-26)17(16(18)22)24-13-8-6-4-3-5-7-9-13/h12-13,24,26H,3-11H2,1-2H3. The molecule has 0 aliphatic heterocycles. The Morgan fingerprint density at radius 2 is 1.50 bits per heavy atom. The van der Waals surface area contributed by atoms with E-state index in [9.17, 15) is 25.6 Å². The summed E-state index contributed by atoms with van der Waals surface area (Å²) in [7, 11) is -6.89. The summed E-state index contributed by atoms with van der Waals surface area (Å²) in [5, 5.41) is 11.7. The number of hydrogen-bond acceptors (Lipinski definition) is 6. The number of sulfonamides is 1. The maximum absolute atomic E-state index is 15.4. The van der Waals surface area contributed by atoms with Crippen LogP contribution in [0.1, 0.15) is 44.9 Å². The highest BCUT2D eigenvalue weighted by Crippen LogP contribution is 2.37. The molecule has 0 heterocycles. The Hall–Kier alpha value is -1.86. The molecule has 1 aliphatic carbocycles. The van der Waals surface area contributed by atoms with Crippen molar-refractivity contribution in [1.82, 2.24) is 4.90 Å². The Bertz CT molecular complexity index is 1050. The van der Waals surface area contributed by atoms with Crippen LogP contribution in [0.2, 0.25) is 0 Å². The van der Waals surface area contributed by atoms with Crippen LogP contribution in [0, 0.1) is 17.5 Å². The molecule has 8 nitrogen and oxygen atoms in total. The van der Waals surface area contributed by atoms with Crippen molar-refractivity contribution in [2.24, 2.45) is 4.40 Å². The number of hydrogen-bond donors (Lipinski definition) is 2. The van der Waals surface area contributed by atoms with Gasteiger partial charge < -0.3 is 15.3 Å². The second kappa shape index (κ2) is 10.8. The van der Waals surface area contributed by atoms with E-state index in [0.29, 0.717) is 12.8 Å². The zero-order chi connectivity index (χ0) is 24.1. The zero-order valence-electron chi connectivity index (χ0n) is 17.9. The number of nitrogens with zero attached hydrogens (tertiary/aromatic N) is 2. The van der Waals surface area contributed by atoms with Crippen LogP contribution in [0.15, 0.2) is 14.2 Å². The van der Waals surface area contributed by atoms with Crippen molar-refractivity contribution in [3.63, 3.8) is 0 Å². The Morgan fingerprint density at radius 3 is 2.03 bits per heavy atom. The molecule has 13 heteroatoms. The molecule has 0 amide bonds. The smallest absolute Gasteiger partial charge is 0.289 e. The van der Waals surface area contributed by atoms with Crippen LogP contribution < -0.4 is 5.32 Å². The lowest BCUT2D eigenvalue weighted by Crippen LogP contribution is -2.26. The van der Waals surface area contributed by atoms with Gasteiger partial charge in [0.15, 0.2) is 32.2 Å². The summed E-state index contributed by atoms with van der Waals surface area (Å²) in [5.41, 5.74) is -0.957. The quantitative estimate of drug-likeness (QED) is 0.321. The SMILES string of the molecule is CN(C)C=NS(=O)(=O)c1c(F)c(F)c(S(=O)(=O)CCO)c(NC2CCCCCCC2)c1F. The number of sulfone groups is 1. The molecule has 1 aromatic rings. The number of benzene rings is 1. The average Bonchev–Trinajstić information content (AvgIpc) is 2.66. The number of aliphatic hydroxyl groups is 1. The average molecular weight is 500 g/mol. The van der Waals surface area contributed by atoms with Crippen LogP contribution in [0.5, 0.6) is 0 Å². The van der Waals surface area contributed by atoms with Gasteiger partial charge in [-0.2, -0.15) is 8.42 Å². The summed E-state index contributed by atoms with van der Waals surface area (Å²) >= 11 is 0. The lowest BCUT2D eigenvalue weighted by Gasteiger charge is -2.25. The molecule has 0 saturated heterocycles. The van der Waals surface area contributed by atoms with Crippen LogP contribution in [0.4, 0.5) is 18.9 Å². The lowest BCUT2D eigenvalue weighted by atomic mass is 9.96. The number of rotatable bonds is 8. The van der Waals surface area contributed by atoms with E-state index in [1.165, 1.54) is 19.0 Å². The zero-order valence-corrected chi connectivity index (χ0v) is 19.6. The number of anilines is 1. The molecule has 2 rings (SSSR count). The van der Waals surface area contributed by atoms with Gasteiger partial charge in [0.2, 0.25) is 0 Å². The number of halogens is 3.